The first-order valence-electron chi connectivity index (χ1n) is 7.46. The number of sulfonamides is 1. The summed E-state index contributed by atoms with van der Waals surface area (Å²) in [6, 6.07) is 22.4. The smallest absolute Gasteiger partial charge is 0.268 e. The summed E-state index contributed by atoms with van der Waals surface area (Å²) in [5.41, 5.74) is 0.365. The van der Waals surface area contributed by atoms with E-state index < -0.39 is 15.9 Å². The van der Waals surface area contributed by atoms with Crippen LogP contribution in [0.5, 0.6) is 0 Å². The number of hydrogen-bond acceptors (Lipinski definition) is 3. The van der Waals surface area contributed by atoms with Gasteiger partial charge in [-0.2, -0.15) is 4.31 Å². The Balaban J connectivity index is 2.18. The largest absolute Gasteiger partial charge is 0.273 e. The van der Waals surface area contributed by atoms with Crippen molar-refractivity contribution in [2.75, 3.05) is 4.31 Å². The fourth-order valence-electron chi connectivity index (χ4n) is 2.37. The lowest BCUT2D eigenvalue weighted by atomic mass is 10.2. The molecule has 0 aliphatic heterocycles. The first kappa shape index (κ1) is 17.2. The predicted octanol–water partition coefficient (Wildman–Crippen LogP) is 4.38. The van der Waals surface area contributed by atoms with Crippen LogP contribution in [0.2, 0.25) is 5.02 Å². The molecule has 0 saturated carbocycles. The van der Waals surface area contributed by atoms with E-state index in [4.69, 9.17) is 11.6 Å². The van der Waals surface area contributed by atoms with E-state index in [1.54, 1.807) is 66.7 Å². The third-order valence-electron chi connectivity index (χ3n) is 3.56. The number of nitrogens with zero attached hydrogens (tertiary/aromatic N) is 1. The van der Waals surface area contributed by atoms with E-state index >= 15 is 0 Å². The van der Waals surface area contributed by atoms with Crippen molar-refractivity contribution in [1.29, 1.82) is 0 Å². The lowest BCUT2D eigenvalue weighted by Crippen LogP contribution is -2.37. The summed E-state index contributed by atoms with van der Waals surface area (Å²) in [6.45, 7) is 0. The van der Waals surface area contributed by atoms with Crippen LogP contribution in [0, 0.1) is 0 Å². The van der Waals surface area contributed by atoms with E-state index in [9.17, 15) is 13.2 Å². The van der Waals surface area contributed by atoms with Gasteiger partial charge < -0.3 is 0 Å². The molecule has 126 valence electrons. The van der Waals surface area contributed by atoms with Crippen LogP contribution >= 0.6 is 11.6 Å². The molecule has 0 bridgehead atoms. The first-order chi connectivity index (χ1) is 12.0. The van der Waals surface area contributed by atoms with Crippen molar-refractivity contribution in [3.8, 4) is 0 Å². The summed E-state index contributed by atoms with van der Waals surface area (Å²) >= 11 is 6.10. The van der Waals surface area contributed by atoms with Crippen molar-refractivity contribution in [3.05, 3.63) is 95.5 Å². The van der Waals surface area contributed by atoms with Crippen LogP contribution in [0.4, 0.5) is 5.69 Å². The number of carbonyl (C=O) groups is 1. The molecule has 25 heavy (non-hydrogen) atoms. The van der Waals surface area contributed by atoms with Gasteiger partial charge in [0.1, 0.15) is 0 Å². The summed E-state index contributed by atoms with van der Waals surface area (Å²) < 4.78 is 27.0. The molecule has 3 aromatic carbocycles. The van der Waals surface area contributed by atoms with Gasteiger partial charge in [0.2, 0.25) is 0 Å². The molecule has 0 spiro atoms. The summed E-state index contributed by atoms with van der Waals surface area (Å²) in [6.07, 6.45) is 0. The minimum atomic E-state index is -4.09. The Kier molecular flexibility index (Phi) is 4.88. The van der Waals surface area contributed by atoms with Gasteiger partial charge in [0, 0.05) is 0 Å². The van der Waals surface area contributed by atoms with Gasteiger partial charge in [0.25, 0.3) is 15.9 Å². The van der Waals surface area contributed by atoms with E-state index in [0.29, 0.717) is 0 Å². The van der Waals surface area contributed by atoms with Crippen molar-refractivity contribution in [2.24, 2.45) is 0 Å². The Hall–Kier alpha value is -2.63. The van der Waals surface area contributed by atoms with E-state index in [2.05, 4.69) is 0 Å². The molecular weight excluding hydrogens is 358 g/mol. The Labute approximate surface area is 151 Å². The van der Waals surface area contributed by atoms with Crippen molar-refractivity contribution in [1.82, 2.24) is 0 Å². The highest BCUT2D eigenvalue weighted by atomic mass is 35.5. The van der Waals surface area contributed by atoms with Crippen molar-refractivity contribution < 1.29 is 13.2 Å². The fourth-order valence-corrected chi connectivity index (χ4v) is 4.01. The minimum Gasteiger partial charge on any atom is -0.268 e. The normalized spacial score (nSPS) is 11.1. The van der Waals surface area contributed by atoms with Gasteiger partial charge in [-0.3, -0.25) is 4.79 Å². The second-order valence-electron chi connectivity index (χ2n) is 5.20. The van der Waals surface area contributed by atoms with Gasteiger partial charge in [-0.1, -0.05) is 60.1 Å². The Bertz CT molecular complexity index is 989. The van der Waals surface area contributed by atoms with Crippen LogP contribution in [0.1, 0.15) is 10.4 Å². The molecule has 0 N–H and O–H groups in total. The lowest BCUT2D eigenvalue weighted by molar-refractivity contribution is 0.101. The second-order valence-corrected chi connectivity index (χ2v) is 7.40. The number of rotatable bonds is 4. The number of halogens is 1. The Morgan fingerprint density at radius 2 is 1.28 bits per heavy atom. The number of amides is 1. The van der Waals surface area contributed by atoms with Crippen LogP contribution in [0.15, 0.2) is 89.8 Å². The van der Waals surface area contributed by atoms with Gasteiger partial charge in [-0.25, -0.2) is 8.42 Å². The highest BCUT2D eigenvalue weighted by Gasteiger charge is 2.32. The van der Waals surface area contributed by atoms with E-state index in [1.807, 2.05) is 0 Å². The van der Waals surface area contributed by atoms with Gasteiger partial charge in [0.15, 0.2) is 0 Å². The van der Waals surface area contributed by atoms with Gasteiger partial charge in [0.05, 0.1) is 21.2 Å². The molecule has 0 atom stereocenters. The second kappa shape index (κ2) is 7.09. The molecule has 0 fully saturated rings. The maximum absolute atomic E-state index is 13.1. The minimum absolute atomic E-state index is 0.0271. The molecule has 0 heterocycles. The molecule has 1 amide bonds. The van der Waals surface area contributed by atoms with E-state index in [0.717, 1.165) is 4.31 Å². The topological polar surface area (TPSA) is 54.5 Å². The molecule has 0 saturated heterocycles. The molecule has 3 rings (SSSR count). The number of carbonyl (C=O) groups excluding carboxylic acids is 1. The van der Waals surface area contributed by atoms with Crippen LogP contribution < -0.4 is 4.31 Å². The van der Waals surface area contributed by atoms with E-state index in [1.165, 1.54) is 18.2 Å². The van der Waals surface area contributed by atoms with Gasteiger partial charge in [-0.05, 0) is 36.4 Å². The fraction of sp³-hybridized carbons (Fsp3) is 0. The first-order valence-corrected chi connectivity index (χ1v) is 9.28. The summed E-state index contributed by atoms with van der Waals surface area (Å²) in [4.78, 5) is 13.1. The zero-order chi connectivity index (χ0) is 17.9. The van der Waals surface area contributed by atoms with Crippen molar-refractivity contribution in [3.63, 3.8) is 0 Å². The number of benzene rings is 3. The zero-order valence-corrected chi connectivity index (χ0v) is 14.6. The maximum Gasteiger partial charge on any atom is 0.273 e. The van der Waals surface area contributed by atoms with Crippen LogP contribution in [0.25, 0.3) is 0 Å². The number of hydrogen-bond donors (Lipinski definition) is 0. The molecule has 0 aliphatic rings. The molecule has 6 heteroatoms. The number of anilines is 1. The third-order valence-corrected chi connectivity index (χ3v) is 5.62. The van der Waals surface area contributed by atoms with Crippen LogP contribution in [-0.4, -0.2) is 14.3 Å². The molecule has 0 radical (unpaired) electrons. The summed E-state index contributed by atoms with van der Waals surface area (Å²) in [5.74, 6) is -0.708. The summed E-state index contributed by atoms with van der Waals surface area (Å²) in [7, 11) is -4.09. The quantitative estimate of drug-likeness (QED) is 0.684. The highest BCUT2D eigenvalue weighted by molar-refractivity contribution is 7.93. The molecule has 3 aromatic rings. The molecule has 0 unspecified atom stereocenters. The van der Waals surface area contributed by atoms with Gasteiger partial charge in [-0.15, -0.1) is 0 Å². The Morgan fingerprint density at radius 3 is 1.88 bits per heavy atom. The standard InChI is InChI=1S/C19H14ClNO3S/c20-18-14-8-7-13-17(18)19(22)21(15-9-3-1-4-10-15)25(23,24)16-11-5-2-6-12-16/h1-14H. The average molecular weight is 372 g/mol. The third kappa shape index (κ3) is 3.43. The maximum atomic E-state index is 13.1. The number of para-hydroxylation sites is 1. The SMILES string of the molecule is O=C(c1ccccc1Cl)N(c1ccccc1)S(=O)(=O)c1ccccc1. The molecular formula is C19H14ClNO3S. The average Bonchev–Trinajstić information content (AvgIpc) is 2.63. The molecule has 4 nitrogen and oxygen atoms in total. The monoisotopic (exact) mass is 371 g/mol. The van der Waals surface area contributed by atoms with Crippen LogP contribution in [-0.2, 0) is 10.0 Å². The summed E-state index contributed by atoms with van der Waals surface area (Å²) in [5, 5.41) is 0.191. The highest BCUT2D eigenvalue weighted by Crippen LogP contribution is 2.27. The zero-order valence-electron chi connectivity index (χ0n) is 13.0. The van der Waals surface area contributed by atoms with Crippen LogP contribution in [0.3, 0.4) is 0 Å². The Morgan fingerprint density at radius 1 is 0.760 bits per heavy atom. The predicted molar refractivity (Wildman–Crippen MR) is 98.3 cm³/mol. The van der Waals surface area contributed by atoms with Crippen molar-refractivity contribution in [2.45, 2.75) is 4.90 Å². The molecule has 0 aromatic heterocycles. The van der Waals surface area contributed by atoms with Gasteiger partial charge >= 0.3 is 0 Å². The van der Waals surface area contributed by atoms with Crippen molar-refractivity contribution >= 4 is 33.2 Å². The van der Waals surface area contributed by atoms with E-state index in [-0.39, 0.29) is 21.2 Å². The lowest BCUT2D eigenvalue weighted by Gasteiger charge is -2.23. The molecule has 0 aliphatic carbocycles.